The van der Waals surface area contributed by atoms with Crippen LogP contribution in [-0.4, -0.2) is 5.78 Å². The van der Waals surface area contributed by atoms with Crippen molar-refractivity contribution in [3.05, 3.63) is 45.0 Å². The zero-order valence-electron chi connectivity index (χ0n) is 7.20. The quantitative estimate of drug-likeness (QED) is 0.799. The molecule has 0 aliphatic rings. The second kappa shape index (κ2) is 4.11. The highest BCUT2D eigenvalue weighted by molar-refractivity contribution is 9.10. The molecule has 0 saturated carbocycles. The molecule has 0 radical (unpaired) electrons. The van der Waals surface area contributed by atoms with Crippen LogP contribution in [0.25, 0.3) is 0 Å². The van der Waals surface area contributed by atoms with Crippen LogP contribution in [0.3, 0.4) is 0 Å². The number of hydrogen-bond acceptors (Lipinski definition) is 3. The third kappa shape index (κ3) is 2.13. The van der Waals surface area contributed by atoms with Gasteiger partial charge in [0.15, 0.2) is 5.78 Å². The summed E-state index contributed by atoms with van der Waals surface area (Å²) in [6, 6.07) is 5.42. The van der Waals surface area contributed by atoms with Crippen LogP contribution in [0.4, 0.5) is 0 Å². The van der Waals surface area contributed by atoms with Crippen LogP contribution in [0.2, 0.25) is 0 Å². The number of rotatable bonds is 3. The summed E-state index contributed by atoms with van der Waals surface area (Å²) in [6.07, 6.45) is 1.91. The van der Waals surface area contributed by atoms with E-state index in [4.69, 9.17) is 4.42 Å². The van der Waals surface area contributed by atoms with Crippen molar-refractivity contribution in [2.24, 2.45) is 0 Å². The van der Waals surface area contributed by atoms with Crippen LogP contribution in [0, 0.1) is 0 Å². The molecule has 72 valence electrons. The number of thiophene rings is 1. The molecule has 0 spiro atoms. The van der Waals surface area contributed by atoms with Gasteiger partial charge in [0.05, 0.1) is 17.6 Å². The maximum Gasteiger partial charge on any atom is 0.180 e. The predicted molar refractivity (Wildman–Crippen MR) is 58.8 cm³/mol. The van der Waals surface area contributed by atoms with Gasteiger partial charge in [-0.3, -0.25) is 4.79 Å². The average molecular weight is 271 g/mol. The van der Waals surface area contributed by atoms with Gasteiger partial charge in [0.25, 0.3) is 0 Å². The van der Waals surface area contributed by atoms with Gasteiger partial charge in [-0.2, -0.15) is 0 Å². The lowest BCUT2D eigenvalue weighted by atomic mass is 10.2. The minimum absolute atomic E-state index is 0.0932. The molecule has 2 nitrogen and oxygen atoms in total. The van der Waals surface area contributed by atoms with Gasteiger partial charge >= 0.3 is 0 Å². The van der Waals surface area contributed by atoms with Crippen LogP contribution >= 0.6 is 27.3 Å². The van der Waals surface area contributed by atoms with Crippen LogP contribution < -0.4 is 0 Å². The Labute approximate surface area is 93.7 Å². The number of furan rings is 1. The minimum atomic E-state index is 0.0932. The van der Waals surface area contributed by atoms with Gasteiger partial charge in [-0.05, 0) is 34.1 Å². The molecule has 0 atom stereocenters. The van der Waals surface area contributed by atoms with Gasteiger partial charge in [0.2, 0.25) is 0 Å². The smallest absolute Gasteiger partial charge is 0.180 e. The molecule has 14 heavy (non-hydrogen) atoms. The fraction of sp³-hybridized carbons (Fsp3) is 0.100. The van der Waals surface area contributed by atoms with Crippen molar-refractivity contribution in [2.75, 3.05) is 0 Å². The van der Waals surface area contributed by atoms with Gasteiger partial charge in [-0.1, -0.05) is 0 Å². The second-order valence-corrected chi connectivity index (χ2v) is 4.64. The molecule has 0 fully saturated rings. The Kier molecular flexibility index (Phi) is 2.84. The molecular weight excluding hydrogens is 264 g/mol. The lowest BCUT2D eigenvalue weighted by Crippen LogP contribution is -1.99. The monoisotopic (exact) mass is 270 g/mol. The summed E-state index contributed by atoms with van der Waals surface area (Å²) in [5.74, 6) is 0.801. The molecule has 0 N–H and O–H groups in total. The summed E-state index contributed by atoms with van der Waals surface area (Å²) >= 11 is 4.75. The van der Waals surface area contributed by atoms with E-state index in [1.165, 1.54) is 11.3 Å². The maximum atomic E-state index is 11.7. The molecule has 0 saturated heterocycles. The first-order valence-corrected chi connectivity index (χ1v) is 5.72. The molecule has 0 aromatic carbocycles. The lowest BCUT2D eigenvalue weighted by molar-refractivity contribution is 0.0991. The summed E-state index contributed by atoms with van der Waals surface area (Å²) in [4.78, 5) is 12.4. The molecule has 0 unspecified atom stereocenters. The SMILES string of the molecule is O=C(Cc1ccco1)c1cc(Br)cs1. The first-order chi connectivity index (χ1) is 6.75. The van der Waals surface area contributed by atoms with Gasteiger partial charge in [-0.15, -0.1) is 11.3 Å². The summed E-state index contributed by atoms with van der Waals surface area (Å²) < 4.78 is 6.05. The second-order valence-electron chi connectivity index (χ2n) is 2.81. The standard InChI is InChI=1S/C10H7BrO2S/c11-7-4-10(14-6-7)9(12)5-8-2-1-3-13-8/h1-4,6H,5H2. The zero-order chi connectivity index (χ0) is 9.97. The van der Waals surface area contributed by atoms with E-state index in [1.54, 1.807) is 18.4 Å². The fourth-order valence-electron chi connectivity index (χ4n) is 1.12. The number of carbonyl (C=O) groups excluding carboxylic acids is 1. The molecule has 2 rings (SSSR count). The van der Waals surface area contributed by atoms with Crippen molar-refractivity contribution in [2.45, 2.75) is 6.42 Å². The molecule has 0 aliphatic carbocycles. The van der Waals surface area contributed by atoms with Crippen molar-refractivity contribution < 1.29 is 9.21 Å². The van der Waals surface area contributed by atoms with Crippen LogP contribution in [-0.2, 0) is 6.42 Å². The summed E-state index contributed by atoms with van der Waals surface area (Å²) in [5.41, 5.74) is 0. The third-order valence-electron chi connectivity index (χ3n) is 1.76. The Morgan fingerprint density at radius 1 is 1.57 bits per heavy atom. The molecule has 2 heterocycles. The van der Waals surface area contributed by atoms with E-state index < -0.39 is 0 Å². The molecule has 2 aromatic heterocycles. The minimum Gasteiger partial charge on any atom is -0.469 e. The summed E-state index contributed by atoms with van der Waals surface area (Å²) in [6.45, 7) is 0. The predicted octanol–water partition coefficient (Wildman–Crippen LogP) is 3.53. The van der Waals surface area contributed by atoms with Gasteiger partial charge < -0.3 is 4.42 Å². The van der Waals surface area contributed by atoms with Gasteiger partial charge in [0.1, 0.15) is 5.76 Å². The fourth-order valence-corrected chi connectivity index (χ4v) is 2.48. The lowest BCUT2D eigenvalue weighted by Gasteiger charge is -1.93. The number of ketones is 1. The van der Waals surface area contributed by atoms with Crippen LogP contribution in [0.1, 0.15) is 15.4 Å². The van der Waals surface area contributed by atoms with Crippen molar-refractivity contribution >= 4 is 33.0 Å². The molecule has 0 aliphatic heterocycles. The van der Waals surface area contributed by atoms with Gasteiger partial charge in [0, 0.05) is 9.85 Å². The normalized spacial score (nSPS) is 10.4. The average Bonchev–Trinajstić information content (AvgIpc) is 2.75. The Hall–Kier alpha value is -0.870. The zero-order valence-corrected chi connectivity index (χ0v) is 9.60. The number of carbonyl (C=O) groups is 1. The van der Waals surface area contributed by atoms with Crippen LogP contribution in [0.5, 0.6) is 0 Å². The van der Waals surface area contributed by atoms with Gasteiger partial charge in [-0.25, -0.2) is 0 Å². The van der Waals surface area contributed by atoms with E-state index in [0.717, 1.165) is 9.35 Å². The Morgan fingerprint density at radius 2 is 2.43 bits per heavy atom. The van der Waals surface area contributed by atoms with E-state index in [-0.39, 0.29) is 5.78 Å². The third-order valence-corrected chi connectivity index (χ3v) is 3.49. The Morgan fingerprint density at radius 3 is 3.00 bits per heavy atom. The van der Waals surface area contributed by atoms with Crippen molar-refractivity contribution in [1.29, 1.82) is 0 Å². The highest BCUT2D eigenvalue weighted by Gasteiger charge is 2.10. The largest absolute Gasteiger partial charge is 0.469 e. The molecular formula is C10H7BrO2S. The van der Waals surface area contributed by atoms with Crippen molar-refractivity contribution in [3.63, 3.8) is 0 Å². The van der Waals surface area contributed by atoms with Crippen molar-refractivity contribution in [3.8, 4) is 0 Å². The van der Waals surface area contributed by atoms with E-state index in [0.29, 0.717) is 12.2 Å². The van der Waals surface area contributed by atoms with E-state index in [2.05, 4.69) is 15.9 Å². The first-order valence-electron chi connectivity index (χ1n) is 4.05. The van der Waals surface area contributed by atoms with Crippen molar-refractivity contribution in [1.82, 2.24) is 0 Å². The Bertz CT molecular complexity index is 431. The molecule has 2 aromatic rings. The molecule has 0 amide bonds. The highest BCUT2D eigenvalue weighted by atomic mass is 79.9. The van der Waals surface area contributed by atoms with E-state index in [1.807, 2.05) is 11.4 Å². The van der Waals surface area contributed by atoms with E-state index >= 15 is 0 Å². The van der Waals surface area contributed by atoms with Crippen LogP contribution in [0.15, 0.2) is 38.7 Å². The number of hydrogen-bond donors (Lipinski definition) is 0. The summed E-state index contributed by atoms with van der Waals surface area (Å²) in [5, 5.41) is 1.90. The van der Waals surface area contributed by atoms with E-state index in [9.17, 15) is 4.79 Å². The number of Topliss-reactive ketones (excluding diaryl/α,β-unsaturated/α-hetero) is 1. The molecule has 4 heteroatoms. The topological polar surface area (TPSA) is 30.2 Å². The summed E-state index contributed by atoms with van der Waals surface area (Å²) in [7, 11) is 0. The Balaban J connectivity index is 2.10. The highest BCUT2D eigenvalue weighted by Crippen LogP contribution is 2.21. The maximum absolute atomic E-state index is 11.7. The number of halogens is 1. The molecule has 0 bridgehead atoms. The first kappa shape index (κ1) is 9.68.